The van der Waals surface area contributed by atoms with Gasteiger partial charge in [0, 0.05) is 10.9 Å². The second kappa shape index (κ2) is 3.09. The molecule has 2 N–H and O–H groups in total. The lowest BCUT2D eigenvalue weighted by atomic mass is 10.2. The van der Waals surface area contributed by atoms with Crippen LogP contribution in [0.5, 0.6) is 5.75 Å². The molecule has 3 nitrogen and oxygen atoms in total. The molecule has 0 amide bonds. The maximum atomic E-state index is 13.1. The van der Waals surface area contributed by atoms with E-state index in [1.807, 2.05) is 0 Å². The van der Waals surface area contributed by atoms with Gasteiger partial charge in [-0.3, -0.25) is 4.79 Å². The normalized spacial score (nSPS) is 10.7. The minimum Gasteiger partial charge on any atom is -0.503 e. The van der Waals surface area contributed by atoms with E-state index in [0.29, 0.717) is 10.9 Å². The van der Waals surface area contributed by atoms with Crippen LogP contribution in [0, 0.1) is 5.82 Å². The number of halogens is 2. The Morgan fingerprint density at radius 2 is 2.14 bits per heavy atom. The van der Waals surface area contributed by atoms with Crippen LogP contribution in [-0.2, 0) is 0 Å². The van der Waals surface area contributed by atoms with E-state index >= 15 is 0 Å². The monoisotopic (exact) mass is 257 g/mol. The number of rotatable bonds is 0. The number of H-pyrrole nitrogens is 1. The predicted molar refractivity (Wildman–Crippen MR) is 53.9 cm³/mol. The van der Waals surface area contributed by atoms with Crippen LogP contribution in [0.4, 0.5) is 4.39 Å². The van der Waals surface area contributed by atoms with Gasteiger partial charge in [0.05, 0.1) is 4.47 Å². The highest BCUT2D eigenvalue weighted by atomic mass is 79.9. The van der Waals surface area contributed by atoms with Crippen LogP contribution in [0.1, 0.15) is 0 Å². The number of hydrogen-bond acceptors (Lipinski definition) is 2. The Kier molecular flexibility index (Phi) is 2.03. The van der Waals surface area contributed by atoms with Gasteiger partial charge >= 0.3 is 0 Å². The molecule has 0 bridgehead atoms. The van der Waals surface area contributed by atoms with Crippen LogP contribution in [0.3, 0.4) is 0 Å². The van der Waals surface area contributed by atoms with Crippen LogP contribution < -0.4 is 5.56 Å². The first-order chi connectivity index (χ1) is 6.59. The van der Waals surface area contributed by atoms with Crippen molar-refractivity contribution in [1.29, 1.82) is 0 Å². The number of benzene rings is 1. The lowest BCUT2D eigenvalue weighted by molar-refractivity contribution is 0.468. The predicted octanol–water partition coefficient (Wildman–Crippen LogP) is 2.14. The van der Waals surface area contributed by atoms with Gasteiger partial charge in [0.15, 0.2) is 5.75 Å². The largest absolute Gasteiger partial charge is 0.503 e. The summed E-state index contributed by atoms with van der Waals surface area (Å²) in [6.07, 6.45) is 0. The summed E-state index contributed by atoms with van der Waals surface area (Å²) in [7, 11) is 0. The van der Waals surface area contributed by atoms with Crippen molar-refractivity contribution in [3.63, 3.8) is 0 Å². The molecule has 2 rings (SSSR count). The van der Waals surface area contributed by atoms with Crippen molar-refractivity contribution in [3.8, 4) is 5.75 Å². The van der Waals surface area contributed by atoms with Gasteiger partial charge in [-0.05, 0) is 34.1 Å². The topological polar surface area (TPSA) is 53.1 Å². The van der Waals surface area contributed by atoms with Crippen molar-refractivity contribution in [2.24, 2.45) is 0 Å². The maximum absolute atomic E-state index is 13.1. The highest BCUT2D eigenvalue weighted by Gasteiger charge is 2.07. The van der Waals surface area contributed by atoms with Crippen molar-refractivity contribution in [2.75, 3.05) is 0 Å². The molecule has 0 aliphatic rings. The van der Waals surface area contributed by atoms with Crippen LogP contribution in [0.2, 0.25) is 0 Å². The van der Waals surface area contributed by atoms with Gasteiger partial charge in [0.25, 0.3) is 5.56 Å². The molecule has 0 saturated heterocycles. The average Bonchev–Trinajstić information content (AvgIpc) is 2.15. The molecule has 5 heteroatoms. The smallest absolute Gasteiger partial charge is 0.290 e. The summed E-state index contributed by atoms with van der Waals surface area (Å²) in [6.45, 7) is 0. The number of nitrogens with one attached hydrogen (secondary N) is 1. The van der Waals surface area contributed by atoms with E-state index in [4.69, 9.17) is 5.11 Å². The molecule has 0 unspecified atom stereocenters. The van der Waals surface area contributed by atoms with Gasteiger partial charge in [0.1, 0.15) is 5.82 Å². The molecule has 0 radical (unpaired) electrons. The first-order valence-corrected chi connectivity index (χ1v) is 4.59. The van der Waals surface area contributed by atoms with E-state index in [2.05, 4.69) is 20.9 Å². The summed E-state index contributed by atoms with van der Waals surface area (Å²) in [5.74, 6) is -0.868. The highest BCUT2D eigenvalue weighted by Crippen LogP contribution is 2.26. The Hall–Kier alpha value is -1.36. The van der Waals surface area contributed by atoms with Crippen LogP contribution in [0.15, 0.2) is 27.5 Å². The van der Waals surface area contributed by atoms with Gasteiger partial charge < -0.3 is 10.1 Å². The van der Waals surface area contributed by atoms with E-state index < -0.39 is 17.1 Å². The van der Waals surface area contributed by atoms with Crippen LogP contribution >= 0.6 is 15.9 Å². The molecule has 1 aromatic carbocycles. The molecule has 0 spiro atoms. The number of aromatic nitrogens is 1. The Labute approximate surface area is 86.3 Å². The molecular formula is C9H5BrFNO2. The fourth-order valence-corrected chi connectivity index (χ4v) is 1.67. The second-order valence-electron chi connectivity index (χ2n) is 2.81. The van der Waals surface area contributed by atoms with E-state index in [1.54, 1.807) is 0 Å². The summed E-state index contributed by atoms with van der Waals surface area (Å²) in [6, 6.07) is 3.90. The maximum Gasteiger partial charge on any atom is 0.290 e. The second-order valence-corrected chi connectivity index (χ2v) is 3.60. The summed E-state index contributed by atoms with van der Waals surface area (Å²) < 4.78 is 13.3. The van der Waals surface area contributed by atoms with E-state index in [9.17, 15) is 9.18 Å². The molecule has 1 aromatic heterocycles. The standard InChI is InChI=1S/C9H5BrFNO2/c10-8-4-3-7(13)9(14)12-6(4)2-1-5(8)11/h1-3,13H,(H,12,14). The van der Waals surface area contributed by atoms with E-state index in [1.165, 1.54) is 18.2 Å². The number of fused-ring (bicyclic) bond motifs is 1. The lowest BCUT2D eigenvalue weighted by Crippen LogP contribution is -2.04. The molecule has 0 fully saturated rings. The van der Waals surface area contributed by atoms with Gasteiger partial charge in [-0.15, -0.1) is 0 Å². The fraction of sp³-hybridized carbons (Fsp3) is 0. The molecule has 0 aliphatic carbocycles. The zero-order valence-electron chi connectivity index (χ0n) is 6.84. The summed E-state index contributed by atoms with van der Waals surface area (Å²) in [5, 5.41) is 9.58. The minimum absolute atomic E-state index is 0.224. The number of hydrogen-bond donors (Lipinski definition) is 2. The molecular weight excluding hydrogens is 253 g/mol. The summed E-state index contributed by atoms with van der Waals surface area (Å²) >= 11 is 3.03. The van der Waals surface area contributed by atoms with Crippen molar-refractivity contribution < 1.29 is 9.50 Å². The average molecular weight is 258 g/mol. The van der Waals surface area contributed by atoms with Crippen LogP contribution in [-0.4, -0.2) is 10.1 Å². The van der Waals surface area contributed by atoms with Gasteiger partial charge in [-0.1, -0.05) is 0 Å². The summed E-state index contributed by atoms with van der Waals surface area (Å²) in [5.41, 5.74) is -0.114. The Morgan fingerprint density at radius 1 is 1.43 bits per heavy atom. The van der Waals surface area contributed by atoms with E-state index in [-0.39, 0.29) is 4.47 Å². The van der Waals surface area contributed by atoms with Crippen molar-refractivity contribution in [1.82, 2.24) is 4.98 Å². The zero-order chi connectivity index (χ0) is 10.3. The number of aromatic amines is 1. The molecule has 0 aliphatic heterocycles. The van der Waals surface area contributed by atoms with Gasteiger partial charge in [-0.2, -0.15) is 0 Å². The third kappa shape index (κ3) is 1.29. The summed E-state index contributed by atoms with van der Waals surface area (Å²) in [4.78, 5) is 13.4. The lowest BCUT2D eigenvalue weighted by Gasteiger charge is -2.01. The third-order valence-corrected chi connectivity index (χ3v) is 2.70. The van der Waals surface area contributed by atoms with Crippen molar-refractivity contribution in [3.05, 3.63) is 38.8 Å². The Bertz CT molecular complexity index is 564. The number of aromatic hydroxyl groups is 1. The first-order valence-electron chi connectivity index (χ1n) is 3.79. The van der Waals surface area contributed by atoms with Crippen molar-refractivity contribution in [2.45, 2.75) is 0 Å². The number of pyridine rings is 1. The molecule has 14 heavy (non-hydrogen) atoms. The fourth-order valence-electron chi connectivity index (χ4n) is 1.21. The highest BCUT2D eigenvalue weighted by molar-refractivity contribution is 9.10. The quantitative estimate of drug-likeness (QED) is 0.760. The van der Waals surface area contributed by atoms with Crippen LogP contribution in [0.25, 0.3) is 10.9 Å². The first kappa shape index (κ1) is 9.21. The third-order valence-electron chi connectivity index (χ3n) is 1.89. The molecule has 1 heterocycles. The van der Waals surface area contributed by atoms with Gasteiger partial charge in [0.2, 0.25) is 0 Å². The molecule has 0 atom stereocenters. The molecule has 72 valence electrons. The Morgan fingerprint density at radius 3 is 2.86 bits per heavy atom. The zero-order valence-corrected chi connectivity index (χ0v) is 8.43. The van der Waals surface area contributed by atoms with Crippen molar-refractivity contribution >= 4 is 26.8 Å². The Balaban J connectivity index is 2.97. The minimum atomic E-state index is -0.587. The SMILES string of the molecule is O=c1[nH]c2ccc(F)c(Br)c2cc1O. The van der Waals surface area contributed by atoms with Gasteiger partial charge in [-0.25, -0.2) is 4.39 Å². The van der Waals surface area contributed by atoms with E-state index in [0.717, 1.165) is 0 Å². The molecule has 0 saturated carbocycles. The molecule has 2 aromatic rings.